The van der Waals surface area contributed by atoms with Gasteiger partial charge in [-0.1, -0.05) is 6.07 Å². The Morgan fingerprint density at radius 2 is 1.92 bits per heavy atom. The van der Waals surface area contributed by atoms with Gasteiger partial charge in [-0.15, -0.1) is 0 Å². The van der Waals surface area contributed by atoms with Crippen LogP contribution in [0, 0.1) is 0 Å². The van der Waals surface area contributed by atoms with Gasteiger partial charge in [0.2, 0.25) is 5.78 Å². The number of carbonyl (C=O) groups excluding carboxylic acids is 1. The number of aromatic carboxylic acids is 1. The van der Waals surface area contributed by atoms with Crippen LogP contribution >= 0.6 is 27.3 Å². The average Bonchev–Trinajstić information content (AvgIpc) is 3.29. The molecular formula is C19H11BrN2O3S. The maximum Gasteiger partial charge on any atom is 0.338 e. The van der Waals surface area contributed by atoms with Gasteiger partial charge in [-0.05, 0) is 62.1 Å². The third-order valence-electron chi connectivity index (χ3n) is 4.04. The molecule has 1 N–H and O–H groups in total. The summed E-state index contributed by atoms with van der Waals surface area (Å²) < 4.78 is 2.43. The first-order valence-electron chi connectivity index (χ1n) is 7.61. The second-order valence-corrected chi connectivity index (χ2v) is 7.33. The van der Waals surface area contributed by atoms with Crippen LogP contribution in [0.4, 0.5) is 0 Å². The minimum Gasteiger partial charge on any atom is -0.478 e. The van der Waals surface area contributed by atoms with Crippen molar-refractivity contribution in [3.8, 4) is 11.1 Å². The predicted octanol–water partition coefficient (Wildman–Crippen LogP) is 4.75. The average molecular weight is 427 g/mol. The van der Waals surface area contributed by atoms with Crippen LogP contribution in [0.3, 0.4) is 0 Å². The monoisotopic (exact) mass is 426 g/mol. The number of halogens is 1. The Bertz CT molecular complexity index is 1130. The molecule has 0 saturated heterocycles. The van der Waals surface area contributed by atoms with E-state index in [1.807, 2.05) is 29.1 Å². The summed E-state index contributed by atoms with van der Waals surface area (Å²) in [7, 11) is 0. The SMILES string of the molecule is O=C(O)c1cn2cc(-c3ccsc3)ccc2c1C(=O)c1ccc(Br)cn1. The fourth-order valence-electron chi connectivity index (χ4n) is 2.82. The zero-order valence-corrected chi connectivity index (χ0v) is 15.6. The zero-order valence-electron chi connectivity index (χ0n) is 13.2. The van der Waals surface area contributed by atoms with Crippen LogP contribution in [-0.4, -0.2) is 26.2 Å². The summed E-state index contributed by atoms with van der Waals surface area (Å²) in [6.07, 6.45) is 4.82. The molecule has 4 aromatic heterocycles. The number of hydrogen-bond acceptors (Lipinski definition) is 4. The van der Waals surface area contributed by atoms with Gasteiger partial charge in [0.05, 0.1) is 16.6 Å². The maximum atomic E-state index is 12.9. The highest BCUT2D eigenvalue weighted by atomic mass is 79.9. The standard InChI is InChI=1S/C19H11BrN2O3S/c20-13-2-3-15(21-7-13)18(23)17-14(19(24)25)9-22-8-11(1-4-16(17)22)12-5-6-26-10-12/h1-10H,(H,24,25). The molecule has 128 valence electrons. The van der Waals surface area contributed by atoms with E-state index >= 15 is 0 Å². The first-order valence-corrected chi connectivity index (χ1v) is 9.35. The Hall–Kier alpha value is -2.77. The van der Waals surface area contributed by atoms with Crippen molar-refractivity contribution in [1.29, 1.82) is 0 Å². The molecule has 26 heavy (non-hydrogen) atoms. The summed E-state index contributed by atoms with van der Waals surface area (Å²) in [6.45, 7) is 0. The van der Waals surface area contributed by atoms with Gasteiger partial charge in [0.25, 0.3) is 0 Å². The Morgan fingerprint density at radius 1 is 1.08 bits per heavy atom. The van der Waals surface area contributed by atoms with Crippen LogP contribution in [0.15, 0.2) is 64.2 Å². The van der Waals surface area contributed by atoms with Gasteiger partial charge in [-0.2, -0.15) is 11.3 Å². The van der Waals surface area contributed by atoms with Crippen molar-refractivity contribution in [2.45, 2.75) is 0 Å². The molecule has 0 aliphatic carbocycles. The number of carboxylic acid groups (broad SMARTS) is 1. The summed E-state index contributed by atoms with van der Waals surface area (Å²) in [6, 6.07) is 8.92. The van der Waals surface area contributed by atoms with Gasteiger partial charge in [0.15, 0.2) is 0 Å². The fraction of sp³-hybridized carbons (Fsp3) is 0. The molecule has 0 unspecified atom stereocenters. The molecule has 5 nitrogen and oxygen atoms in total. The minimum absolute atomic E-state index is 0.0396. The molecule has 0 aliphatic rings. The summed E-state index contributed by atoms with van der Waals surface area (Å²) in [4.78, 5) is 28.7. The molecule has 0 spiro atoms. The van der Waals surface area contributed by atoms with Crippen LogP contribution in [0.2, 0.25) is 0 Å². The summed E-state index contributed by atoms with van der Waals surface area (Å²) in [5.41, 5.74) is 2.84. The molecule has 0 fully saturated rings. The van der Waals surface area contributed by atoms with Crippen molar-refractivity contribution in [2.24, 2.45) is 0 Å². The van der Waals surface area contributed by atoms with Crippen LogP contribution in [-0.2, 0) is 0 Å². The lowest BCUT2D eigenvalue weighted by atomic mass is 10.0. The highest BCUT2D eigenvalue weighted by Crippen LogP contribution is 2.27. The molecule has 4 aromatic rings. The van der Waals surface area contributed by atoms with Crippen molar-refractivity contribution in [1.82, 2.24) is 9.38 Å². The van der Waals surface area contributed by atoms with Gasteiger partial charge in [0.1, 0.15) is 5.69 Å². The van der Waals surface area contributed by atoms with Crippen molar-refractivity contribution in [3.63, 3.8) is 0 Å². The molecule has 0 atom stereocenters. The van der Waals surface area contributed by atoms with Crippen LogP contribution in [0.25, 0.3) is 16.6 Å². The Labute approximate surface area is 160 Å². The van der Waals surface area contributed by atoms with E-state index in [9.17, 15) is 14.7 Å². The Kier molecular flexibility index (Phi) is 4.18. The number of aromatic nitrogens is 2. The van der Waals surface area contributed by atoms with Crippen molar-refractivity contribution in [3.05, 3.63) is 81.0 Å². The molecule has 0 aliphatic heterocycles. The van der Waals surface area contributed by atoms with Crippen LogP contribution < -0.4 is 0 Å². The van der Waals surface area contributed by atoms with E-state index in [1.165, 1.54) is 12.4 Å². The van der Waals surface area contributed by atoms with Gasteiger partial charge in [-0.25, -0.2) is 4.79 Å². The number of carboxylic acids is 1. The van der Waals surface area contributed by atoms with E-state index in [0.717, 1.165) is 15.6 Å². The number of pyridine rings is 2. The second kappa shape index (κ2) is 6.51. The van der Waals surface area contributed by atoms with Crippen molar-refractivity contribution < 1.29 is 14.7 Å². The molecule has 0 saturated carbocycles. The maximum absolute atomic E-state index is 12.9. The molecule has 4 heterocycles. The molecule has 0 amide bonds. The van der Waals surface area contributed by atoms with E-state index in [2.05, 4.69) is 20.9 Å². The largest absolute Gasteiger partial charge is 0.478 e. The minimum atomic E-state index is -1.15. The highest BCUT2D eigenvalue weighted by molar-refractivity contribution is 9.10. The Balaban J connectivity index is 1.89. The van der Waals surface area contributed by atoms with Gasteiger partial charge >= 0.3 is 5.97 Å². The quantitative estimate of drug-likeness (QED) is 0.477. The van der Waals surface area contributed by atoms with Crippen molar-refractivity contribution in [2.75, 3.05) is 0 Å². The number of fused-ring (bicyclic) bond motifs is 1. The summed E-state index contributed by atoms with van der Waals surface area (Å²) in [5, 5.41) is 13.6. The number of nitrogens with zero attached hydrogens (tertiary/aromatic N) is 2. The lowest BCUT2D eigenvalue weighted by Gasteiger charge is -2.04. The predicted molar refractivity (Wildman–Crippen MR) is 103 cm³/mol. The molecule has 0 aromatic carbocycles. The highest BCUT2D eigenvalue weighted by Gasteiger charge is 2.24. The topological polar surface area (TPSA) is 71.7 Å². The Morgan fingerprint density at radius 3 is 2.58 bits per heavy atom. The molecule has 7 heteroatoms. The third-order valence-corrected chi connectivity index (χ3v) is 5.20. The van der Waals surface area contributed by atoms with Crippen LogP contribution in [0.5, 0.6) is 0 Å². The molecular weight excluding hydrogens is 416 g/mol. The molecule has 0 bridgehead atoms. The fourth-order valence-corrected chi connectivity index (χ4v) is 3.72. The number of rotatable bonds is 4. The first-order chi connectivity index (χ1) is 12.5. The number of hydrogen-bond donors (Lipinski definition) is 1. The van der Waals surface area contributed by atoms with E-state index in [4.69, 9.17) is 0 Å². The molecule has 0 radical (unpaired) electrons. The smallest absolute Gasteiger partial charge is 0.338 e. The number of thiophene rings is 1. The van der Waals surface area contributed by atoms with E-state index < -0.39 is 11.8 Å². The summed E-state index contributed by atoms with van der Waals surface area (Å²) >= 11 is 4.86. The zero-order chi connectivity index (χ0) is 18.3. The van der Waals surface area contributed by atoms with Gasteiger partial charge in [0, 0.05) is 23.1 Å². The van der Waals surface area contributed by atoms with E-state index in [-0.39, 0.29) is 16.8 Å². The molecule has 4 rings (SSSR count). The normalized spacial score (nSPS) is 11.0. The van der Waals surface area contributed by atoms with Crippen molar-refractivity contribution >= 4 is 44.5 Å². The second-order valence-electron chi connectivity index (χ2n) is 5.64. The van der Waals surface area contributed by atoms with E-state index in [0.29, 0.717) is 5.52 Å². The van der Waals surface area contributed by atoms with Crippen LogP contribution in [0.1, 0.15) is 26.4 Å². The van der Waals surface area contributed by atoms with E-state index in [1.54, 1.807) is 33.9 Å². The third kappa shape index (κ3) is 2.85. The summed E-state index contributed by atoms with van der Waals surface area (Å²) in [5.74, 6) is -1.56. The van der Waals surface area contributed by atoms with Gasteiger partial charge in [-0.3, -0.25) is 9.78 Å². The lowest BCUT2D eigenvalue weighted by molar-refractivity contribution is 0.0693. The van der Waals surface area contributed by atoms with Gasteiger partial charge < -0.3 is 9.51 Å². The number of ketones is 1. The number of carbonyl (C=O) groups is 2. The first kappa shape index (κ1) is 16.7. The lowest BCUT2D eigenvalue weighted by Crippen LogP contribution is -2.09.